The van der Waals surface area contributed by atoms with Crippen molar-refractivity contribution in [3.8, 4) is 0 Å². The van der Waals surface area contributed by atoms with Crippen LogP contribution in [0.25, 0.3) is 0 Å². The third kappa shape index (κ3) is 4.01. The van der Waals surface area contributed by atoms with E-state index in [9.17, 15) is 0 Å². The van der Waals surface area contributed by atoms with Crippen molar-refractivity contribution < 1.29 is 0 Å². The van der Waals surface area contributed by atoms with Gasteiger partial charge in [0.2, 0.25) is 0 Å². The molecule has 0 spiro atoms. The van der Waals surface area contributed by atoms with E-state index in [0.717, 1.165) is 24.2 Å². The third-order valence-electron chi connectivity index (χ3n) is 3.22. The molecule has 1 aromatic heterocycles. The molecule has 1 aromatic rings. The zero-order valence-electron chi connectivity index (χ0n) is 11.2. The normalized spacial score (nSPS) is 15.8. The second-order valence-electron chi connectivity index (χ2n) is 4.74. The molecule has 0 unspecified atom stereocenters. The quantitative estimate of drug-likeness (QED) is 0.442. The minimum Gasteiger partial charge on any atom is -0.356 e. The van der Waals surface area contributed by atoms with Gasteiger partial charge < -0.3 is 10.6 Å². The summed E-state index contributed by atoms with van der Waals surface area (Å²) in [6, 6.07) is 0. The van der Waals surface area contributed by atoms with Crippen LogP contribution in [0.1, 0.15) is 31.5 Å². The number of guanidine groups is 1. The molecule has 0 atom stereocenters. The zero-order chi connectivity index (χ0) is 12.8. The van der Waals surface area contributed by atoms with Gasteiger partial charge in [0.1, 0.15) is 12.2 Å². The molecule has 0 bridgehead atoms. The van der Waals surface area contributed by atoms with Crippen molar-refractivity contribution in [3.05, 3.63) is 12.2 Å². The maximum atomic E-state index is 4.19. The second-order valence-corrected chi connectivity index (χ2v) is 4.74. The van der Waals surface area contributed by atoms with Crippen molar-refractivity contribution in [3.63, 3.8) is 0 Å². The Balaban J connectivity index is 1.64. The lowest BCUT2D eigenvalue weighted by Crippen LogP contribution is -2.37. The fraction of sp³-hybridized carbons (Fsp3) is 0.750. The van der Waals surface area contributed by atoms with Crippen LogP contribution >= 0.6 is 0 Å². The molecule has 0 aliphatic heterocycles. The maximum Gasteiger partial charge on any atom is 0.191 e. The molecule has 0 amide bonds. The van der Waals surface area contributed by atoms with Gasteiger partial charge in [-0.05, 0) is 18.8 Å². The first-order chi connectivity index (χ1) is 8.79. The van der Waals surface area contributed by atoms with E-state index >= 15 is 0 Å². The minimum absolute atomic E-state index is 0.638. The molecule has 1 saturated carbocycles. The number of hydrogen-bond donors (Lipinski definition) is 2. The van der Waals surface area contributed by atoms with Crippen molar-refractivity contribution in [1.82, 2.24) is 25.4 Å². The van der Waals surface area contributed by atoms with Gasteiger partial charge in [0, 0.05) is 20.6 Å². The number of aliphatic imine (C=N–C) groups is 1. The summed E-state index contributed by atoms with van der Waals surface area (Å²) in [7, 11) is 3.67. The van der Waals surface area contributed by atoms with Crippen LogP contribution < -0.4 is 10.6 Å². The molecule has 18 heavy (non-hydrogen) atoms. The zero-order valence-corrected chi connectivity index (χ0v) is 11.2. The van der Waals surface area contributed by atoms with Gasteiger partial charge in [-0.2, -0.15) is 5.10 Å². The molecular weight excluding hydrogens is 228 g/mol. The van der Waals surface area contributed by atoms with Crippen molar-refractivity contribution in [2.24, 2.45) is 18.0 Å². The molecule has 0 aromatic carbocycles. The molecule has 1 aliphatic carbocycles. The molecule has 1 fully saturated rings. The van der Waals surface area contributed by atoms with Gasteiger partial charge >= 0.3 is 0 Å². The topological polar surface area (TPSA) is 67.1 Å². The molecule has 2 N–H and O–H groups in total. The Labute approximate surface area is 108 Å². The van der Waals surface area contributed by atoms with Crippen molar-refractivity contribution in [2.75, 3.05) is 13.6 Å². The second kappa shape index (κ2) is 6.37. The molecule has 6 heteroatoms. The van der Waals surface area contributed by atoms with Gasteiger partial charge in [0.25, 0.3) is 0 Å². The summed E-state index contributed by atoms with van der Waals surface area (Å²) in [4.78, 5) is 8.34. The molecule has 100 valence electrons. The summed E-state index contributed by atoms with van der Waals surface area (Å²) in [6.45, 7) is 1.62. The fourth-order valence-corrected chi connectivity index (χ4v) is 1.87. The maximum absolute atomic E-state index is 4.19. The number of aryl methyl sites for hydroxylation is 1. The minimum atomic E-state index is 0.638. The number of nitrogens with zero attached hydrogens (tertiary/aromatic N) is 4. The molecular formula is C12H22N6. The van der Waals surface area contributed by atoms with Gasteiger partial charge in [0.05, 0.1) is 6.54 Å². The van der Waals surface area contributed by atoms with Gasteiger partial charge in [-0.3, -0.25) is 9.67 Å². The van der Waals surface area contributed by atoms with E-state index in [-0.39, 0.29) is 0 Å². The SMILES string of the molecule is CN=C(NCCCC1CC1)NCc1ncnn1C. The van der Waals surface area contributed by atoms with Crippen LogP contribution in [0.3, 0.4) is 0 Å². The Hall–Kier alpha value is -1.59. The summed E-state index contributed by atoms with van der Waals surface area (Å²) < 4.78 is 1.76. The first-order valence-electron chi connectivity index (χ1n) is 6.57. The predicted molar refractivity (Wildman–Crippen MR) is 71.2 cm³/mol. The van der Waals surface area contributed by atoms with E-state index in [0.29, 0.717) is 6.54 Å². The van der Waals surface area contributed by atoms with Crippen LogP contribution in [0.4, 0.5) is 0 Å². The summed E-state index contributed by atoms with van der Waals surface area (Å²) in [5.41, 5.74) is 0. The largest absolute Gasteiger partial charge is 0.356 e. The molecule has 6 nitrogen and oxygen atoms in total. The van der Waals surface area contributed by atoms with Gasteiger partial charge in [-0.15, -0.1) is 0 Å². The van der Waals surface area contributed by atoms with Crippen LogP contribution in [0.15, 0.2) is 11.3 Å². The first-order valence-corrected chi connectivity index (χ1v) is 6.57. The molecule has 2 rings (SSSR count). The Bertz CT molecular complexity index is 393. The average Bonchev–Trinajstić information content (AvgIpc) is 3.11. The lowest BCUT2D eigenvalue weighted by Gasteiger charge is -2.11. The van der Waals surface area contributed by atoms with Crippen molar-refractivity contribution >= 4 is 5.96 Å². The van der Waals surface area contributed by atoms with E-state index in [1.54, 1.807) is 18.1 Å². The van der Waals surface area contributed by atoms with Crippen LogP contribution in [-0.2, 0) is 13.6 Å². The summed E-state index contributed by atoms with van der Waals surface area (Å²) in [6.07, 6.45) is 6.98. The molecule has 0 saturated heterocycles. The van der Waals surface area contributed by atoms with Crippen LogP contribution in [0, 0.1) is 5.92 Å². The molecule has 0 radical (unpaired) electrons. The fourth-order valence-electron chi connectivity index (χ4n) is 1.87. The number of rotatable bonds is 6. The average molecular weight is 250 g/mol. The Morgan fingerprint density at radius 1 is 1.50 bits per heavy atom. The van der Waals surface area contributed by atoms with Gasteiger partial charge in [0.15, 0.2) is 5.96 Å². The number of aromatic nitrogens is 3. The lowest BCUT2D eigenvalue weighted by atomic mass is 10.2. The van der Waals surface area contributed by atoms with Gasteiger partial charge in [-0.25, -0.2) is 4.98 Å². The third-order valence-corrected chi connectivity index (χ3v) is 3.22. The smallest absolute Gasteiger partial charge is 0.191 e. The highest BCUT2D eigenvalue weighted by Gasteiger charge is 2.19. The number of hydrogen-bond acceptors (Lipinski definition) is 3. The van der Waals surface area contributed by atoms with E-state index in [1.807, 2.05) is 7.05 Å². The van der Waals surface area contributed by atoms with Crippen LogP contribution in [0.5, 0.6) is 0 Å². The monoisotopic (exact) mass is 250 g/mol. The Morgan fingerprint density at radius 2 is 2.33 bits per heavy atom. The molecule has 1 heterocycles. The van der Waals surface area contributed by atoms with E-state index in [2.05, 4.69) is 25.7 Å². The molecule has 1 aliphatic rings. The van der Waals surface area contributed by atoms with Crippen molar-refractivity contribution in [2.45, 2.75) is 32.2 Å². The van der Waals surface area contributed by atoms with E-state index in [4.69, 9.17) is 0 Å². The summed E-state index contributed by atoms with van der Waals surface area (Å²) >= 11 is 0. The standard InChI is InChI=1S/C12H22N6/c1-13-12(14-7-3-4-10-5-6-10)15-8-11-16-9-17-18(11)2/h9-10H,3-8H2,1-2H3,(H2,13,14,15). The summed E-state index contributed by atoms with van der Waals surface area (Å²) in [5, 5.41) is 10.6. The first kappa shape index (κ1) is 12.9. The van der Waals surface area contributed by atoms with E-state index in [1.165, 1.54) is 25.7 Å². The number of nitrogens with one attached hydrogen (secondary N) is 2. The van der Waals surface area contributed by atoms with Crippen molar-refractivity contribution in [1.29, 1.82) is 0 Å². The highest BCUT2D eigenvalue weighted by atomic mass is 15.3. The van der Waals surface area contributed by atoms with Gasteiger partial charge in [-0.1, -0.05) is 12.8 Å². The summed E-state index contributed by atoms with van der Waals surface area (Å²) in [5.74, 6) is 2.73. The highest BCUT2D eigenvalue weighted by molar-refractivity contribution is 5.79. The van der Waals surface area contributed by atoms with Crippen LogP contribution in [-0.4, -0.2) is 34.3 Å². The lowest BCUT2D eigenvalue weighted by molar-refractivity contribution is 0.637. The Morgan fingerprint density at radius 3 is 2.94 bits per heavy atom. The van der Waals surface area contributed by atoms with Crippen LogP contribution in [0.2, 0.25) is 0 Å². The predicted octanol–water partition coefficient (Wildman–Crippen LogP) is 0.670. The highest BCUT2D eigenvalue weighted by Crippen LogP contribution is 2.33. The Kier molecular flexibility index (Phi) is 4.55. The van der Waals surface area contributed by atoms with E-state index < -0.39 is 0 Å².